The highest BCUT2D eigenvalue weighted by atomic mass is 16.1. The first-order valence-corrected chi connectivity index (χ1v) is 6.90. The molecule has 1 aromatic rings. The third kappa shape index (κ3) is 3.43. The van der Waals surface area contributed by atoms with Gasteiger partial charge in [0.2, 0.25) is 0 Å². The van der Waals surface area contributed by atoms with E-state index >= 15 is 0 Å². The molecule has 5 nitrogen and oxygen atoms in total. The predicted molar refractivity (Wildman–Crippen MR) is 75.0 cm³/mol. The zero-order chi connectivity index (χ0) is 13.8. The Labute approximate surface area is 114 Å². The van der Waals surface area contributed by atoms with E-state index in [0.29, 0.717) is 17.4 Å². The van der Waals surface area contributed by atoms with Crippen LogP contribution in [0, 0.1) is 11.8 Å². The zero-order valence-electron chi connectivity index (χ0n) is 11.8. The maximum absolute atomic E-state index is 12.1. The van der Waals surface area contributed by atoms with E-state index in [1.165, 1.54) is 12.6 Å². The minimum Gasteiger partial charge on any atom is -0.372 e. The molecule has 0 spiro atoms. The topological polar surface area (TPSA) is 66.9 Å². The van der Waals surface area contributed by atoms with Crippen LogP contribution in [0.15, 0.2) is 12.4 Å². The fourth-order valence-electron chi connectivity index (χ4n) is 2.51. The second-order valence-corrected chi connectivity index (χ2v) is 5.47. The smallest absolute Gasteiger partial charge is 0.271 e. The number of aromatic nitrogens is 2. The van der Waals surface area contributed by atoms with Gasteiger partial charge in [0, 0.05) is 13.1 Å². The van der Waals surface area contributed by atoms with Crippen molar-refractivity contribution >= 4 is 11.7 Å². The highest BCUT2D eigenvalue weighted by Crippen LogP contribution is 2.29. The van der Waals surface area contributed by atoms with E-state index in [4.69, 9.17) is 0 Å². The number of hydrogen-bond acceptors (Lipinski definition) is 4. The van der Waals surface area contributed by atoms with Crippen molar-refractivity contribution in [2.75, 3.05) is 12.4 Å². The Balaban J connectivity index is 1.93. The van der Waals surface area contributed by atoms with Gasteiger partial charge < -0.3 is 10.6 Å². The highest BCUT2D eigenvalue weighted by Gasteiger charge is 2.26. The summed E-state index contributed by atoms with van der Waals surface area (Å²) in [5, 5.41) is 5.94. The number of anilines is 1. The molecule has 1 aliphatic rings. The molecule has 2 rings (SSSR count). The van der Waals surface area contributed by atoms with E-state index in [2.05, 4.69) is 34.4 Å². The minimum absolute atomic E-state index is 0.123. The maximum Gasteiger partial charge on any atom is 0.271 e. The molecular formula is C14H22N4O. The fraction of sp³-hybridized carbons (Fsp3) is 0.643. The summed E-state index contributed by atoms with van der Waals surface area (Å²) in [4.78, 5) is 20.3. The number of carbonyl (C=O) groups excluding carboxylic acids is 1. The minimum atomic E-state index is -0.123. The van der Waals surface area contributed by atoms with Crippen molar-refractivity contribution in [2.45, 2.75) is 39.2 Å². The second kappa shape index (κ2) is 5.99. The van der Waals surface area contributed by atoms with Crippen molar-refractivity contribution in [3.8, 4) is 0 Å². The molecule has 3 atom stereocenters. The SMILES string of the molecule is CNc1cnc(C(=O)NC2CCC(C)C(C)C2)cn1. The van der Waals surface area contributed by atoms with Crippen molar-refractivity contribution in [3.63, 3.8) is 0 Å². The Kier molecular flexibility index (Phi) is 4.35. The van der Waals surface area contributed by atoms with Crippen LogP contribution < -0.4 is 10.6 Å². The van der Waals surface area contributed by atoms with E-state index in [0.717, 1.165) is 18.8 Å². The first kappa shape index (κ1) is 13.8. The summed E-state index contributed by atoms with van der Waals surface area (Å²) >= 11 is 0. The molecule has 5 heteroatoms. The van der Waals surface area contributed by atoms with Gasteiger partial charge in [-0.05, 0) is 31.1 Å². The van der Waals surface area contributed by atoms with Gasteiger partial charge in [0.1, 0.15) is 11.5 Å². The van der Waals surface area contributed by atoms with E-state index in [9.17, 15) is 4.79 Å². The van der Waals surface area contributed by atoms with Crippen LogP contribution >= 0.6 is 0 Å². The predicted octanol–water partition coefficient (Wildman–Crippen LogP) is 2.07. The van der Waals surface area contributed by atoms with Gasteiger partial charge in [0.05, 0.1) is 12.4 Å². The molecule has 3 unspecified atom stereocenters. The van der Waals surface area contributed by atoms with Crippen LogP contribution in [0.3, 0.4) is 0 Å². The number of nitrogens with one attached hydrogen (secondary N) is 2. The van der Waals surface area contributed by atoms with Gasteiger partial charge in [0.15, 0.2) is 0 Å². The van der Waals surface area contributed by atoms with Crippen LogP contribution in [-0.4, -0.2) is 29.0 Å². The summed E-state index contributed by atoms with van der Waals surface area (Å²) in [6, 6.07) is 0.268. The summed E-state index contributed by atoms with van der Waals surface area (Å²) in [5.41, 5.74) is 0.380. The van der Waals surface area contributed by atoms with Gasteiger partial charge in [-0.2, -0.15) is 0 Å². The summed E-state index contributed by atoms with van der Waals surface area (Å²) in [5.74, 6) is 1.96. The van der Waals surface area contributed by atoms with E-state index in [1.807, 2.05) is 0 Å². The van der Waals surface area contributed by atoms with Crippen molar-refractivity contribution in [1.82, 2.24) is 15.3 Å². The number of amides is 1. The van der Waals surface area contributed by atoms with Crippen molar-refractivity contribution < 1.29 is 4.79 Å². The fourth-order valence-corrected chi connectivity index (χ4v) is 2.51. The normalized spacial score (nSPS) is 26.8. The summed E-state index contributed by atoms with van der Waals surface area (Å²) in [6.45, 7) is 4.54. The van der Waals surface area contributed by atoms with Gasteiger partial charge in [-0.1, -0.05) is 13.8 Å². The first-order chi connectivity index (χ1) is 9.10. The number of carbonyl (C=O) groups is 1. The van der Waals surface area contributed by atoms with E-state index < -0.39 is 0 Å². The molecule has 0 saturated heterocycles. The second-order valence-electron chi connectivity index (χ2n) is 5.47. The summed E-state index contributed by atoms with van der Waals surface area (Å²) < 4.78 is 0. The van der Waals surface area contributed by atoms with Crippen molar-refractivity contribution in [1.29, 1.82) is 0 Å². The lowest BCUT2D eigenvalue weighted by molar-refractivity contribution is 0.0905. The molecule has 0 radical (unpaired) electrons. The van der Waals surface area contributed by atoms with Crippen LogP contribution in [0.25, 0.3) is 0 Å². The molecule has 1 aromatic heterocycles. The quantitative estimate of drug-likeness (QED) is 0.875. The highest BCUT2D eigenvalue weighted by molar-refractivity contribution is 5.92. The van der Waals surface area contributed by atoms with Gasteiger partial charge in [-0.25, -0.2) is 9.97 Å². The number of rotatable bonds is 3. The molecule has 104 valence electrons. The number of hydrogen-bond donors (Lipinski definition) is 2. The molecule has 1 aliphatic carbocycles. The van der Waals surface area contributed by atoms with Crippen LogP contribution in [0.1, 0.15) is 43.6 Å². The third-order valence-corrected chi connectivity index (χ3v) is 4.07. The Morgan fingerprint density at radius 1 is 1.21 bits per heavy atom. The van der Waals surface area contributed by atoms with Crippen molar-refractivity contribution in [2.24, 2.45) is 11.8 Å². The molecule has 1 amide bonds. The first-order valence-electron chi connectivity index (χ1n) is 6.90. The average molecular weight is 262 g/mol. The van der Waals surface area contributed by atoms with Gasteiger partial charge >= 0.3 is 0 Å². The van der Waals surface area contributed by atoms with Gasteiger partial charge in [-0.3, -0.25) is 4.79 Å². The van der Waals surface area contributed by atoms with Crippen molar-refractivity contribution in [3.05, 3.63) is 18.1 Å². The van der Waals surface area contributed by atoms with Gasteiger partial charge in [0.25, 0.3) is 5.91 Å². The molecule has 0 aliphatic heterocycles. The summed E-state index contributed by atoms with van der Waals surface area (Å²) in [6.07, 6.45) is 6.36. The standard InChI is InChI=1S/C14H22N4O/c1-9-4-5-11(6-10(9)2)18-14(19)12-7-17-13(15-3)8-16-12/h7-11H,4-6H2,1-3H3,(H,15,17)(H,18,19). The Morgan fingerprint density at radius 2 is 2.00 bits per heavy atom. The lowest BCUT2D eigenvalue weighted by Gasteiger charge is -2.32. The van der Waals surface area contributed by atoms with E-state index in [1.54, 1.807) is 13.2 Å². The lowest BCUT2D eigenvalue weighted by atomic mass is 9.79. The molecule has 19 heavy (non-hydrogen) atoms. The molecule has 0 bridgehead atoms. The largest absolute Gasteiger partial charge is 0.372 e. The zero-order valence-corrected chi connectivity index (χ0v) is 11.8. The van der Waals surface area contributed by atoms with Crippen LogP contribution in [-0.2, 0) is 0 Å². The molecule has 1 heterocycles. The third-order valence-electron chi connectivity index (χ3n) is 4.07. The van der Waals surface area contributed by atoms with Crippen LogP contribution in [0.2, 0.25) is 0 Å². The van der Waals surface area contributed by atoms with E-state index in [-0.39, 0.29) is 11.9 Å². The monoisotopic (exact) mass is 262 g/mol. The molecule has 2 N–H and O–H groups in total. The maximum atomic E-state index is 12.1. The number of nitrogens with zero attached hydrogens (tertiary/aromatic N) is 2. The average Bonchev–Trinajstić information content (AvgIpc) is 2.43. The lowest BCUT2D eigenvalue weighted by Crippen LogP contribution is -2.40. The molecule has 0 aromatic carbocycles. The Morgan fingerprint density at radius 3 is 2.58 bits per heavy atom. The van der Waals surface area contributed by atoms with Gasteiger partial charge in [-0.15, -0.1) is 0 Å². The summed E-state index contributed by atoms with van der Waals surface area (Å²) in [7, 11) is 1.77. The molecule has 1 fully saturated rings. The Bertz CT molecular complexity index is 432. The Hall–Kier alpha value is -1.65. The van der Waals surface area contributed by atoms with Crippen LogP contribution in [0.5, 0.6) is 0 Å². The van der Waals surface area contributed by atoms with Crippen LogP contribution in [0.4, 0.5) is 5.82 Å². The molecular weight excluding hydrogens is 240 g/mol. The molecule has 1 saturated carbocycles.